The van der Waals surface area contributed by atoms with Gasteiger partial charge < -0.3 is 5.73 Å². The van der Waals surface area contributed by atoms with Crippen molar-refractivity contribution in [2.45, 2.75) is 6.92 Å². The summed E-state index contributed by atoms with van der Waals surface area (Å²) in [6.07, 6.45) is 5.16. The zero-order chi connectivity index (χ0) is 14.7. The van der Waals surface area contributed by atoms with Gasteiger partial charge in [-0.15, -0.1) is 11.3 Å². The number of pyridine rings is 1. The summed E-state index contributed by atoms with van der Waals surface area (Å²) in [5.41, 5.74) is 11.3. The van der Waals surface area contributed by atoms with Gasteiger partial charge in [0.05, 0.1) is 22.5 Å². The van der Waals surface area contributed by atoms with E-state index in [1.165, 1.54) is 22.7 Å². The number of aryl methyl sites for hydroxylation is 1. The molecule has 6 nitrogen and oxygen atoms in total. The van der Waals surface area contributed by atoms with Gasteiger partial charge in [-0.05, 0) is 13.0 Å². The fourth-order valence-electron chi connectivity index (χ4n) is 1.70. The first-order valence-corrected chi connectivity index (χ1v) is 7.80. The molecule has 8 heteroatoms. The van der Waals surface area contributed by atoms with Crippen molar-refractivity contribution >= 4 is 39.2 Å². The third kappa shape index (κ3) is 3.23. The van der Waals surface area contributed by atoms with Crippen molar-refractivity contribution in [1.29, 1.82) is 0 Å². The second kappa shape index (κ2) is 5.98. The predicted octanol–water partition coefficient (Wildman–Crippen LogP) is 3.00. The molecule has 0 aliphatic carbocycles. The highest BCUT2D eigenvalue weighted by atomic mass is 32.1. The zero-order valence-electron chi connectivity index (χ0n) is 11.1. The Hall–Kier alpha value is -2.32. The van der Waals surface area contributed by atoms with Crippen LogP contribution in [0.25, 0.3) is 10.6 Å². The zero-order valence-corrected chi connectivity index (χ0v) is 12.8. The van der Waals surface area contributed by atoms with E-state index in [4.69, 9.17) is 5.73 Å². The molecule has 0 unspecified atom stereocenters. The van der Waals surface area contributed by atoms with Crippen LogP contribution >= 0.6 is 22.7 Å². The standard InChI is InChI=1S/C13H12N6S2/c1-8-11(21-12(14)17-8)10-7-20-13(18-10)19-16-6-9-3-2-4-15-5-9/h2-7H,1H3,(H2,14,17)(H,18,19)/b16-6-. The average molecular weight is 316 g/mol. The van der Waals surface area contributed by atoms with E-state index in [9.17, 15) is 0 Å². The largest absolute Gasteiger partial charge is 0.375 e. The first-order chi connectivity index (χ1) is 10.2. The highest BCUT2D eigenvalue weighted by Crippen LogP contribution is 2.33. The van der Waals surface area contributed by atoms with Crippen LogP contribution in [-0.2, 0) is 0 Å². The molecule has 3 aromatic rings. The Morgan fingerprint density at radius 3 is 3.00 bits per heavy atom. The van der Waals surface area contributed by atoms with Crippen LogP contribution in [0.5, 0.6) is 0 Å². The summed E-state index contributed by atoms with van der Waals surface area (Å²) in [5.74, 6) is 0. The van der Waals surface area contributed by atoms with Crippen molar-refractivity contribution in [3.05, 3.63) is 41.2 Å². The summed E-state index contributed by atoms with van der Waals surface area (Å²) in [6.45, 7) is 1.93. The van der Waals surface area contributed by atoms with E-state index in [-0.39, 0.29) is 0 Å². The molecule has 21 heavy (non-hydrogen) atoms. The molecule has 106 valence electrons. The van der Waals surface area contributed by atoms with Gasteiger partial charge in [-0.25, -0.2) is 9.97 Å². The molecular formula is C13H12N6S2. The first-order valence-electron chi connectivity index (χ1n) is 6.10. The lowest BCUT2D eigenvalue weighted by Crippen LogP contribution is -1.90. The van der Waals surface area contributed by atoms with Gasteiger partial charge in [-0.1, -0.05) is 17.4 Å². The highest BCUT2D eigenvalue weighted by molar-refractivity contribution is 7.19. The summed E-state index contributed by atoms with van der Waals surface area (Å²) >= 11 is 2.92. The van der Waals surface area contributed by atoms with Crippen LogP contribution < -0.4 is 11.2 Å². The van der Waals surface area contributed by atoms with E-state index in [2.05, 4.69) is 25.5 Å². The molecule has 0 saturated heterocycles. The van der Waals surface area contributed by atoms with Crippen LogP contribution in [0.3, 0.4) is 0 Å². The van der Waals surface area contributed by atoms with Crippen molar-refractivity contribution in [2.75, 3.05) is 11.2 Å². The van der Waals surface area contributed by atoms with Gasteiger partial charge in [0.15, 0.2) is 5.13 Å². The number of nitrogens with one attached hydrogen (secondary N) is 1. The second-order valence-corrected chi connectivity index (χ2v) is 6.05. The van der Waals surface area contributed by atoms with Gasteiger partial charge in [0.25, 0.3) is 0 Å². The van der Waals surface area contributed by atoms with Gasteiger partial charge >= 0.3 is 0 Å². The summed E-state index contributed by atoms with van der Waals surface area (Å²) in [6, 6.07) is 3.79. The van der Waals surface area contributed by atoms with E-state index in [0.717, 1.165) is 27.0 Å². The highest BCUT2D eigenvalue weighted by Gasteiger charge is 2.11. The molecule has 0 radical (unpaired) electrons. The quantitative estimate of drug-likeness (QED) is 0.570. The van der Waals surface area contributed by atoms with Crippen molar-refractivity contribution in [2.24, 2.45) is 5.10 Å². The van der Waals surface area contributed by atoms with Crippen LogP contribution in [0.2, 0.25) is 0 Å². The van der Waals surface area contributed by atoms with Gasteiger partial charge in [0, 0.05) is 23.3 Å². The summed E-state index contributed by atoms with van der Waals surface area (Å²) in [4.78, 5) is 13.7. The number of nitrogens with two attached hydrogens (primary N) is 1. The van der Waals surface area contributed by atoms with Crippen LogP contribution in [0, 0.1) is 6.92 Å². The maximum absolute atomic E-state index is 5.71. The van der Waals surface area contributed by atoms with Gasteiger partial charge in [-0.3, -0.25) is 10.4 Å². The molecule has 3 rings (SSSR count). The van der Waals surface area contributed by atoms with Crippen LogP contribution in [-0.4, -0.2) is 21.2 Å². The van der Waals surface area contributed by atoms with E-state index >= 15 is 0 Å². The Balaban J connectivity index is 1.71. The van der Waals surface area contributed by atoms with E-state index in [1.54, 1.807) is 18.6 Å². The number of aromatic nitrogens is 3. The number of anilines is 2. The summed E-state index contributed by atoms with van der Waals surface area (Å²) in [5, 5.41) is 7.38. The number of hydrogen-bond acceptors (Lipinski definition) is 8. The smallest absolute Gasteiger partial charge is 0.203 e. The van der Waals surface area contributed by atoms with Gasteiger partial charge in [0.1, 0.15) is 0 Å². The summed E-state index contributed by atoms with van der Waals surface area (Å²) in [7, 11) is 0. The van der Waals surface area contributed by atoms with Crippen molar-refractivity contribution in [3.63, 3.8) is 0 Å². The molecule has 0 fully saturated rings. The number of rotatable bonds is 4. The van der Waals surface area contributed by atoms with Crippen molar-refractivity contribution in [3.8, 4) is 10.6 Å². The monoisotopic (exact) mass is 316 g/mol. The molecule has 0 aromatic carbocycles. The van der Waals surface area contributed by atoms with Crippen LogP contribution in [0.1, 0.15) is 11.3 Å². The number of nitrogen functional groups attached to an aromatic ring is 1. The number of nitrogens with zero attached hydrogens (tertiary/aromatic N) is 4. The number of hydrazone groups is 1. The van der Waals surface area contributed by atoms with E-state index < -0.39 is 0 Å². The molecular weight excluding hydrogens is 304 g/mol. The molecule has 0 aliphatic heterocycles. The molecule has 0 atom stereocenters. The van der Waals surface area contributed by atoms with Gasteiger partial charge in [0.2, 0.25) is 5.13 Å². The lowest BCUT2D eigenvalue weighted by molar-refractivity contribution is 1.25. The third-order valence-corrected chi connectivity index (χ3v) is 4.36. The molecule has 3 N–H and O–H groups in total. The summed E-state index contributed by atoms with van der Waals surface area (Å²) < 4.78 is 0. The molecule has 0 spiro atoms. The third-order valence-electron chi connectivity index (χ3n) is 2.61. The lowest BCUT2D eigenvalue weighted by Gasteiger charge is -1.94. The lowest BCUT2D eigenvalue weighted by atomic mass is 10.3. The van der Waals surface area contributed by atoms with Crippen LogP contribution in [0.4, 0.5) is 10.3 Å². The number of hydrogen-bond donors (Lipinski definition) is 2. The minimum atomic E-state index is 0.555. The van der Waals surface area contributed by atoms with E-state index in [0.29, 0.717) is 5.13 Å². The van der Waals surface area contributed by atoms with Crippen molar-refractivity contribution < 1.29 is 0 Å². The Morgan fingerprint density at radius 1 is 1.38 bits per heavy atom. The molecule has 0 bridgehead atoms. The topological polar surface area (TPSA) is 89.1 Å². The molecule has 3 aromatic heterocycles. The van der Waals surface area contributed by atoms with Crippen LogP contribution in [0.15, 0.2) is 35.0 Å². The Labute approximate surface area is 129 Å². The normalized spacial score (nSPS) is 11.1. The molecule has 0 amide bonds. The second-order valence-electron chi connectivity index (χ2n) is 4.16. The van der Waals surface area contributed by atoms with E-state index in [1.807, 2.05) is 24.4 Å². The maximum atomic E-state index is 5.71. The van der Waals surface area contributed by atoms with Gasteiger partial charge in [-0.2, -0.15) is 5.10 Å². The molecule has 0 saturated carbocycles. The minimum absolute atomic E-state index is 0.555. The SMILES string of the molecule is Cc1nc(N)sc1-c1csc(N/N=C\c2cccnc2)n1. The Bertz CT molecular complexity index is 762. The maximum Gasteiger partial charge on any atom is 0.203 e. The number of thiazole rings is 2. The fourth-order valence-corrected chi connectivity index (χ4v) is 3.22. The molecule has 3 heterocycles. The Morgan fingerprint density at radius 2 is 2.29 bits per heavy atom. The predicted molar refractivity (Wildman–Crippen MR) is 87.8 cm³/mol. The van der Waals surface area contributed by atoms with Crippen molar-refractivity contribution in [1.82, 2.24) is 15.0 Å². The first kappa shape index (κ1) is 13.7. The minimum Gasteiger partial charge on any atom is -0.375 e. The fraction of sp³-hybridized carbons (Fsp3) is 0.0769. The average Bonchev–Trinajstić information content (AvgIpc) is 3.06. The Kier molecular flexibility index (Phi) is 3.89. The molecule has 0 aliphatic rings.